The molecule has 3 aromatic rings. The van der Waals surface area contributed by atoms with Gasteiger partial charge in [-0.3, -0.25) is 29.2 Å². The fraction of sp³-hybridized carbons (Fsp3) is 0.130. The minimum Gasteiger partial charge on any atom is -0.301 e. The molecule has 0 bridgehead atoms. The van der Waals surface area contributed by atoms with Crippen LogP contribution in [0.1, 0.15) is 0 Å². The molecule has 0 N–H and O–H groups in total. The molecule has 0 spiro atoms. The van der Waals surface area contributed by atoms with Gasteiger partial charge in [0.25, 0.3) is 0 Å². The quantitative estimate of drug-likeness (QED) is 0.621. The second-order valence-electron chi connectivity index (χ2n) is 7.62. The second kappa shape index (κ2) is 6.00. The maximum Gasteiger partial charge on any atom is 0.247 e. The number of anilines is 3. The van der Waals surface area contributed by atoms with Crippen molar-refractivity contribution in [3.63, 3.8) is 0 Å². The molecule has 3 aliphatic heterocycles. The number of nitrogens with zero attached hydrogens (tertiary/aromatic N) is 4. The Kier molecular flexibility index (Phi) is 3.38. The number of amides is 3. The largest absolute Gasteiger partial charge is 0.301 e. The Bertz CT molecular complexity index is 1240. The first-order valence-corrected chi connectivity index (χ1v) is 9.70. The highest BCUT2D eigenvalue weighted by Crippen LogP contribution is 2.46. The predicted octanol–water partition coefficient (Wildman–Crippen LogP) is 2.46. The summed E-state index contributed by atoms with van der Waals surface area (Å²) in [5, 5.41) is 0. The van der Waals surface area contributed by atoms with Gasteiger partial charge in [-0.25, -0.2) is 0 Å². The van der Waals surface area contributed by atoms with Crippen molar-refractivity contribution in [3.05, 3.63) is 60.9 Å². The fourth-order valence-corrected chi connectivity index (χ4v) is 3.79. The van der Waals surface area contributed by atoms with Gasteiger partial charge in [-0.2, -0.15) is 0 Å². The summed E-state index contributed by atoms with van der Waals surface area (Å²) in [6.45, 7) is 1.04. The van der Waals surface area contributed by atoms with E-state index in [1.54, 1.807) is 20.9 Å². The van der Waals surface area contributed by atoms with Crippen LogP contribution >= 0.6 is 0 Å². The van der Waals surface area contributed by atoms with Gasteiger partial charge in [0.1, 0.15) is 19.6 Å². The van der Waals surface area contributed by atoms with E-state index in [1.165, 1.54) is 0 Å². The van der Waals surface area contributed by atoms with Crippen LogP contribution in [0.5, 0.6) is 0 Å². The van der Waals surface area contributed by atoms with E-state index in [9.17, 15) is 14.4 Å². The Balaban J connectivity index is 1.46. The van der Waals surface area contributed by atoms with Gasteiger partial charge in [0.05, 0.1) is 17.1 Å². The van der Waals surface area contributed by atoms with Crippen molar-refractivity contribution in [1.29, 1.82) is 0 Å². The first kappa shape index (κ1) is 16.9. The molecule has 4 heterocycles. The van der Waals surface area contributed by atoms with Crippen molar-refractivity contribution >= 4 is 34.8 Å². The third-order valence-corrected chi connectivity index (χ3v) is 5.63. The first-order valence-electron chi connectivity index (χ1n) is 9.70. The number of carbonyl (C=O) groups is 3. The molecule has 7 nitrogen and oxygen atoms in total. The monoisotopic (exact) mass is 396 g/mol. The van der Waals surface area contributed by atoms with Gasteiger partial charge in [-0.1, -0.05) is 30.3 Å². The Hall–Kier alpha value is -4.00. The Morgan fingerprint density at radius 1 is 0.633 bits per heavy atom. The highest BCUT2D eigenvalue weighted by molar-refractivity contribution is 6.21. The Morgan fingerprint density at radius 3 is 1.70 bits per heavy atom. The topological polar surface area (TPSA) is 73.1 Å². The van der Waals surface area contributed by atoms with E-state index < -0.39 is 0 Å². The van der Waals surface area contributed by atoms with Gasteiger partial charge in [-0.15, -0.1) is 0 Å². The molecule has 0 saturated carbocycles. The lowest BCUT2D eigenvalue weighted by Gasteiger charge is -2.17. The van der Waals surface area contributed by atoms with E-state index >= 15 is 0 Å². The molecule has 0 radical (unpaired) electrons. The lowest BCUT2D eigenvalue weighted by molar-refractivity contribution is -0.110. The van der Waals surface area contributed by atoms with Crippen molar-refractivity contribution in [2.24, 2.45) is 0 Å². The molecular weight excluding hydrogens is 380 g/mol. The summed E-state index contributed by atoms with van der Waals surface area (Å²) < 4.78 is 0. The number of benzene rings is 2. The third kappa shape index (κ3) is 2.75. The molecule has 0 aliphatic carbocycles. The molecule has 3 fully saturated rings. The standard InChI is InChI=1S/C23H16N4O3/c28-21-11-25(21)18-9-20(27-13-23(27)30)19(26-12-22(26)29)8-17(18)15-5-3-14(4-6-15)16-2-1-7-24-10-16/h1-10H,11-13H2. The number of carbonyl (C=O) groups excluding carboxylic acids is 3. The maximum atomic E-state index is 11.9. The summed E-state index contributed by atoms with van der Waals surface area (Å²) in [6.07, 6.45) is 3.55. The van der Waals surface area contributed by atoms with Crippen LogP contribution in [0.4, 0.5) is 17.1 Å². The third-order valence-electron chi connectivity index (χ3n) is 5.63. The lowest BCUT2D eigenvalue weighted by atomic mass is 9.98. The SMILES string of the molecule is O=C1CN1c1cc(N2CC2=O)c(N2CC2=O)cc1-c1ccc(-c2cccnc2)cc1. The fourth-order valence-electron chi connectivity index (χ4n) is 3.79. The number of rotatable bonds is 5. The predicted molar refractivity (Wildman–Crippen MR) is 112 cm³/mol. The van der Waals surface area contributed by atoms with E-state index in [4.69, 9.17) is 0 Å². The summed E-state index contributed by atoms with van der Waals surface area (Å²) in [6, 6.07) is 15.7. The lowest BCUT2D eigenvalue weighted by Crippen LogP contribution is -2.06. The van der Waals surface area contributed by atoms with Gasteiger partial charge in [0.15, 0.2) is 0 Å². The van der Waals surface area contributed by atoms with Gasteiger partial charge >= 0.3 is 0 Å². The summed E-state index contributed by atoms with van der Waals surface area (Å²) in [5.74, 6) is 0.0861. The van der Waals surface area contributed by atoms with E-state index in [1.807, 2.05) is 54.7 Å². The summed E-state index contributed by atoms with van der Waals surface area (Å²) in [7, 11) is 0. The zero-order valence-corrected chi connectivity index (χ0v) is 15.9. The highest BCUT2D eigenvalue weighted by atomic mass is 16.2. The van der Waals surface area contributed by atoms with E-state index in [0.717, 1.165) is 33.6 Å². The summed E-state index contributed by atoms with van der Waals surface area (Å²) >= 11 is 0. The molecule has 0 unspecified atom stereocenters. The van der Waals surface area contributed by atoms with Crippen molar-refractivity contribution in [2.45, 2.75) is 0 Å². The molecule has 6 rings (SSSR count). The number of pyridine rings is 1. The second-order valence-corrected chi connectivity index (χ2v) is 7.62. The van der Waals surface area contributed by atoms with Gasteiger partial charge < -0.3 is 4.90 Å². The van der Waals surface area contributed by atoms with Crippen LogP contribution in [0.3, 0.4) is 0 Å². The average molecular weight is 396 g/mol. The van der Waals surface area contributed by atoms with Crippen LogP contribution in [-0.4, -0.2) is 42.3 Å². The van der Waals surface area contributed by atoms with Crippen molar-refractivity contribution in [3.8, 4) is 22.3 Å². The van der Waals surface area contributed by atoms with Crippen LogP contribution in [0.15, 0.2) is 60.9 Å². The van der Waals surface area contributed by atoms with Crippen LogP contribution in [-0.2, 0) is 14.4 Å². The first-order chi connectivity index (χ1) is 14.6. The molecule has 30 heavy (non-hydrogen) atoms. The van der Waals surface area contributed by atoms with E-state index in [-0.39, 0.29) is 17.7 Å². The molecule has 7 heteroatoms. The zero-order chi connectivity index (χ0) is 20.4. The van der Waals surface area contributed by atoms with Crippen molar-refractivity contribution in [2.75, 3.05) is 34.3 Å². The molecule has 146 valence electrons. The minimum absolute atomic E-state index is 0.0159. The van der Waals surface area contributed by atoms with Crippen molar-refractivity contribution < 1.29 is 14.4 Å². The summed E-state index contributed by atoms with van der Waals surface area (Å²) in [5.41, 5.74) is 6.05. The van der Waals surface area contributed by atoms with Gasteiger partial charge in [0.2, 0.25) is 17.7 Å². The van der Waals surface area contributed by atoms with E-state index in [0.29, 0.717) is 25.3 Å². The molecule has 0 atom stereocenters. The number of hydrogen-bond acceptors (Lipinski definition) is 4. The van der Waals surface area contributed by atoms with Gasteiger partial charge in [-0.05, 0) is 34.9 Å². The van der Waals surface area contributed by atoms with Crippen LogP contribution < -0.4 is 14.7 Å². The summed E-state index contributed by atoms with van der Waals surface area (Å²) in [4.78, 5) is 44.7. The Morgan fingerprint density at radius 2 is 1.17 bits per heavy atom. The molecule has 3 amide bonds. The number of hydrogen-bond donors (Lipinski definition) is 0. The van der Waals surface area contributed by atoms with Gasteiger partial charge in [0, 0.05) is 18.0 Å². The van der Waals surface area contributed by atoms with E-state index in [2.05, 4.69) is 4.98 Å². The highest BCUT2D eigenvalue weighted by Gasteiger charge is 2.42. The van der Waals surface area contributed by atoms with Crippen LogP contribution in [0.25, 0.3) is 22.3 Å². The van der Waals surface area contributed by atoms with Crippen LogP contribution in [0.2, 0.25) is 0 Å². The zero-order valence-electron chi connectivity index (χ0n) is 15.9. The minimum atomic E-state index is 0.0159. The average Bonchev–Trinajstić information content (AvgIpc) is 3.71. The Labute approximate surface area is 172 Å². The smallest absolute Gasteiger partial charge is 0.247 e. The molecule has 3 aliphatic rings. The maximum absolute atomic E-state index is 11.9. The molecule has 3 saturated heterocycles. The van der Waals surface area contributed by atoms with Crippen LogP contribution in [0, 0.1) is 0 Å². The van der Waals surface area contributed by atoms with Crippen molar-refractivity contribution in [1.82, 2.24) is 4.98 Å². The molecule has 1 aromatic heterocycles. The normalized spacial score (nSPS) is 16.9. The number of aromatic nitrogens is 1. The molecular formula is C23H16N4O3. The molecule has 2 aromatic carbocycles.